The molecule has 2 aromatic carbocycles. The Bertz CT molecular complexity index is 1780. The number of imidazole rings is 1. The number of methoxy groups -OCH3 is 1. The molecule has 5 aromatic rings. The number of hydrogen-bond acceptors (Lipinski definition) is 7. The lowest BCUT2D eigenvalue weighted by Crippen LogP contribution is -2.43. The minimum absolute atomic E-state index is 0.361. The van der Waals surface area contributed by atoms with Crippen molar-refractivity contribution >= 4 is 11.2 Å². The highest BCUT2D eigenvalue weighted by Crippen LogP contribution is 2.32. The van der Waals surface area contributed by atoms with Crippen molar-refractivity contribution in [2.45, 2.75) is 65.3 Å². The molecule has 6 rings (SSSR count). The van der Waals surface area contributed by atoms with Crippen LogP contribution in [0.15, 0.2) is 58.1 Å². The van der Waals surface area contributed by atoms with Crippen LogP contribution in [-0.4, -0.2) is 46.4 Å². The van der Waals surface area contributed by atoms with Gasteiger partial charge in [-0.1, -0.05) is 61.9 Å². The van der Waals surface area contributed by atoms with Gasteiger partial charge in [-0.3, -0.25) is 9.36 Å². The molecule has 1 aliphatic carbocycles. The van der Waals surface area contributed by atoms with E-state index in [0.29, 0.717) is 36.0 Å². The number of nitrogens with one attached hydrogen (secondary N) is 1. The van der Waals surface area contributed by atoms with Gasteiger partial charge in [-0.25, -0.2) is 14.3 Å². The number of ether oxygens (including phenoxy) is 1. The normalized spacial score (nSPS) is 14.1. The van der Waals surface area contributed by atoms with Crippen molar-refractivity contribution < 1.29 is 4.74 Å². The fourth-order valence-corrected chi connectivity index (χ4v) is 5.33. The van der Waals surface area contributed by atoms with Gasteiger partial charge >= 0.3 is 5.69 Å². The van der Waals surface area contributed by atoms with Crippen molar-refractivity contribution in [3.05, 3.63) is 80.8 Å². The number of rotatable bonds is 11. The van der Waals surface area contributed by atoms with Gasteiger partial charge in [0, 0.05) is 32.2 Å². The van der Waals surface area contributed by atoms with Crippen molar-refractivity contribution in [1.82, 2.24) is 39.3 Å². The third kappa shape index (κ3) is 5.13. The van der Waals surface area contributed by atoms with Gasteiger partial charge in [-0.2, -0.15) is 5.21 Å². The molecule has 11 heteroatoms. The van der Waals surface area contributed by atoms with E-state index in [2.05, 4.69) is 51.8 Å². The van der Waals surface area contributed by atoms with Gasteiger partial charge in [-0.05, 0) is 54.0 Å². The number of aromatic nitrogens is 8. The maximum Gasteiger partial charge on any atom is 0.334 e. The molecule has 3 heterocycles. The number of H-pyrrole nitrogens is 1. The topological polar surface area (TPSA) is 126 Å². The summed E-state index contributed by atoms with van der Waals surface area (Å²) in [5.74, 6) is 1.79. The second-order valence-corrected chi connectivity index (χ2v) is 10.7. The predicted molar refractivity (Wildman–Crippen MR) is 155 cm³/mol. The van der Waals surface area contributed by atoms with E-state index in [4.69, 9.17) is 9.72 Å². The zero-order valence-electron chi connectivity index (χ0n) is 23.6. The third-order valence-corrected chi connectivity index (χ3v) is 7.86. The number of aryl methyl sites for hydroxylation is 1. The van der Waals surface area contributed by atoms with Crippen LogP contribution in [0.5, 0.6) is 0 Å². The minimum Gasteiger partial charge on any atom is -0.361 e. The first-order valence-electron chi connectivity index (χ1n) is 14.2. The van der Waals surface area contributed by atoms with E-state index in [0.717, 1.165) is 60.2 Å². The Labute approximate surface area is 236 Å². The van der Waals surface area contributed by atoms with Crippen LogP contribution in [0, 0.1) is 5.92 Å². The van der Waals surface area contributed by atoms with E-state index in [9.17, 15) is 9.59 Å². The maximum atomic E-state index is 13.9. The number of benzene rings is 2. The molecule has 1 N–H and O–H groups in total. The molecular formula is C30H34N8O3. The highest BCUT2D eigenvalue weighted by atomic mass is 16.5. The minimum atomic E-state index is -0.689. The highest BCUT2D eigenvalue weighted by molar-refractivity contribution is 5.80. The first kappa shape index (κ1) is 26.8. The molecule has 1 unspecified atom stereocenters. The van der Waals surface area contributed by atoms with Crippen molar-refractivity contribution in [2.75, 3.05) is 7.11 Å². The van der Waals surface area contributed by atoms with Gasteiger partial charge in [0.05, 0.1) is 0 Å². The van der Waals surface area contributed by atoms with Crippen LogP contribution < -0.4 is 11.2 Å². The molecule has 3 aromatic heterocycles. The van der Waals surface area contributed by atoms with Crippen LogP contribution in [0.25, 0.3) is 33.7 Å². The number of nitrogens with zero attached hydrogens (tertiary/aromatic N) is 7. The average Bonchev–Trinajstić information content (AvgIpc) is 3.50. The van der Waals surface area contributed by atoms with Gasteiger partial charge < -0.3 is 9.30 Å². The fourth-order valence-electron chi connectivity index (χ4n) is 5.33. The molecular weight excluding hydrogens is 520 g/mol. The lowest BCUT2D eigenvalue weighted by molar-refractivity contribution is 0.0529. The smallest absolute Gasteiger partial charge is 0.334 e. The lowest BCUT2D eigenvalue weighted by Gasteiger charge is -2.16. The highest BCUT2D eigenvalue weighted by Gasteiger charge is 2.28. The van der Waals surface area contributed by atoms with Crippen LogP contribution >= 0.6 is 0 Å². The molecule has 0 radical (unpaired) electrons. The Morgan fingerprint density at radius 2 is 1.80 bits per heavy atom. The number of hydrogen-bond donors (Lipinski definition) is 1. The molecule has 0 bridgehead atoms. The molecule has 11 nitrogen and oxygen atoms in total. The SMILES string of the molecule is CCCCc1nc2c(c(=O)n(C(C)OC)c(=O)n2CC2CC2)n1Cc1ccc(-c2ccccc2-c2nn[nH]n2)cc1. The Balaban J connectivity index is 1.44. The summed E-state index contributed by atoms with van der Waals surface area (Å²) in [5.41, 5.74) is 4.12. The number of fused-ring (bicyclic) bond motifs is 1. The van der Waals surface area contributed by atoms with E-state index in [1.807, 2.05) is 28.8 Å². The average molecular weight is 555 g/mol. The molecule has 0 spiro atoms. The van der Waals surface area contributed by atoms with Gasteiger partial charge in [0.1, 0.15) is 12.1 Å². The second-order valence-electron chi connectivity index (χ2n) is 10.7. The standard InChI is InChI=1S/C30H34N8O3/c1-4-5-10-25-31-28-26(29(39)38(19(2)41-3)30(40)37(28)18-20-11-12-20)36(25)17-21-13-15-22(16-14-21)23-8-6-7-9-24(23)27-32-34-35-33-27/h6-9,13-16,19-20H,4-5,10-12,17-18H2,1-3H3,(H,32,33,34,35). The Morgan fingerprint density at radius 1 is 1.05 bits per heavy atom. The number of aromatic amines is 1. The first-order valence-corrected chi connectivity index (χ1v) is 14.2. The summed E-state index contributed by atoms with van der Waals surface area (Å²) in [5, 5.41) is 14.5. The van der Waals surface area contributed by atoms with Crippen molar-refractivity contribution in [2.24, 2.45) is 5.92 Å². The monoisotopic (exact) mass is 554 g/mol. The zero-order chi connectivity index (χ0) is 28.5. The van der Waals surface area contributed by atoms with Crippen LogP contribution in [0.1, 0.15) is 57.1 Å². The predicted octanol–water partition coefficient (Wildman–Crippen LogP) is 4.17. The summed E-state index contributed by atoms with van der Waals surface area (Å²) in [7, 11) is 1.51. The van der Waals surface area contributed by atoms with Crippen molar-refractivity contribution in [3.63, 3.8) is 0 Å². The van der Waals surface area contributed by atoms with Gasteiger partial charge in [0.15, 0.2) is 11.2 Å². The molecule has 1 fully saturated rings. The quantitative estimate of drug-likeness (QED) is 0.260. The summed E-state index contributed by atoms with van der Waals surface area (Å²) in [6.45, 7) is 4.87. The third-order valence-electron chi connectivity index (χ3n) is 7.86. The number of unbranched alkanes of at least 4 members (excludes halogenated alkanes) is 1. The summed E-state index contributed by atoms with van der Waals surface area (Å²) >= 11 is 0. The van der Waals surface area contributed by atoms with Crippen LogP contribution in [0.4, 0.5) is 0 Å². The summed E-state index contributed by atoms with van der Waals surface area (Å²) in [6, 6.07) is 16.2. The molecule has 0 aliphatic heterocycles. The fraction of sp³-hybridized carbons (Fsp3) is 0.400. The Hall–Kier alpha value is -4.38. The molecule has 212 valence electrons. The summed E-state index contributed by atoms with van der Waals surface area (Å²) in [6.07, 6.45) is 4.13. The largest absolute Gasteiger partial charge is 0.361 e. The summed E-state index contributed by atoms with van der Waals surface area (Å²) in [4.78, 5) is 32.3. The van der Waals surface area contributed by atoms with Gasteiger partial charge in [0.2, 0.25) is 5.82 Å². The molecule has 1 saturated carbocycles. The van der Waals surface area contributed by atoms with E-state index in [1.54, 1.807) is 11.5 Å². The lowest BCUT2D eigenvalue weighted by atomic mass is 9.98. The van der Waals surface area contributed by atoms with Crippen LogP contribution in [0.2, 0.25) is 0 Å². The second kappa shape index (κ2) is 11.2. The first-order chi connectivity index (χ1) is 20.0. The maximum absolute atomic E-state index is 13.9. The van der Waals surface area contributed by atoms with Gasteiger partial charge in [-0.15, -0.1) is 10.2 Å². The van der Waals surface area contributed by atoms with E-state index < -0.39 is 6.23 Å². The molecule has 1 atom stereocenters. The van der Waals surface area contributed by atoms with E-state index in [1.165, 1.54) is 11.7 Å². The summed E-state index contributed by atoms with van der Waals surface area (Å²) < 4.78 is 10.4. The van der Waals surface area contributed by atoms with Crippen LogP contribution in [-0.2, 0) is 24.2 Å². The van der Waals surface area contributed by atoms with Crippen LogP contribution in [0.3, 0.4) is 0 Å². The molecule has 0 saturated heterocycles. The van der Waals surface area contributed by atoms with Crippen molar-refractivity contribution in [1.29, 1.82) is 0 Å². The molecule has 1 aliphatic rings. The Kier molecular flexibility index (Phi) is 7.36. The molecule has 0 amide bonds. The van der Waals surface area contributed by atoms with E-state index >= 15 is 0 Å². The zero-order valence-corrected chi connectivity index (χ0v) is 23.6. The van der Waals surface area contributed by atoms with Crippen molar-refractivity contribution in [3.8, 4) is 22.5 Å². The Morgan fingerprint density at radius 3 is 2.46 bits per heavy atom. The van der Waals surface area contributed by atoms with E-state index in [-0.39, 0.29) is 11.2 Å². The van der Waals surface area contributed by atoms with Gasteiger partial charge in [0.25, 0.3) is 5.56 Å². The number of tetrazole rings is 1. The molecule has 41 heavy (non-hydrogen) atoms.